The van der Waals surface area contributed by atoms with Crippen LogP contribution in [0.15, 0.2) is 65.1 Å². The van der Waals surface area contributed by atoms with E-state index in [1.54, 1.807) is 0 Å². The molecule has 0 bridgehead atoms. The Bertz CT molecular complexity index is 844. The van der Waals surface area contributed by atoms with Crippen LogP contribution < -0.4 is 0 Å². The van der Waals surface area contributed by atoms with E-state index < -0.39 is 6.67 Å². The van der Waals surface area contributed by atoms with Crippen molar-refractivity contribution >= 4 is 16.7 Å². The second kappa shape index (κ2) is 13.1. The van der Waals surface area contributed by atoms with Gasteiger partial charge in [0.15, 0.2) is 0 Å². The maximum Gasteiger partial charge on any atom is 0.115 e. The van der Waals surface area contributed by atoms with Gasteiger partial charge in [-0.1, -0.05) is 78.9 Å². The summed E-state index contributed by atoms with van der Waals surface area (Å²) in [6.07, 6.45) is 14.3. The molecule has 2 unspecified atom stereocenters. The van der Waals surface area contributed by atoms with Gasteiger partial charge in [0.1, 0.15) is 6.67 Å². The van der Waals surface area contributed by atoms with Crippen LogP contribution in [-0.4, -0.2) is 49.0 Å². The normalized spacial score (nSPS) is 25.8. The lowest BCUT2D eigenvalue weighted by Gasteiger charge is -2.26. The first kappa shape index (κ1) is 25.0. The fourth-order valence-electron chi connectivity index (χ4n) is 4.01. The zero-order valence-corrected chi connectivity index (χ0v) is 20.1. The summed E-state index contributed by atoms with van der Waals surface area (Å²) in [6.45, 7) is 7.41. The van der Waals surface area contributed by atoms with Gasteiger partial charge in [0.05, 0.1) is 19.3 Å². The van der Waals surface area contributed by atoms with Crippen LogP contribution in [-0.2, 0) is 11.4 Å². The molecule has 0 aromatic heterocycles. The van der Waals surface area contributed by atoms with Gasteiger partial charge in [-0.2, -0.15) is 0 Å². The first-order valence-corrected chi connectivity index (χ1v) is 12.4. The van der Waals surface area contributed by atoms with Crippen molar-refractivity contribution < 1.29 is 14.2 Å². The number of halogens is 1. The van der Waals surface area contributed by atoms with E-state index in [2.05, 4.69) is 49.1 Å². The van der Waals surface area contributed by atoms with E-state index in [1.807, 2.05) is 36.0 Å². The van der Waals surface area contributed by atoms with Gasteiger partial charge in [0.2, 0.25) is 0 Å². The highest BCUT2D eigenvalue weighted by Crippen LogP contribution is 2.39. The van der Waals surface area contributed by atoms with Crippen molar-refractivity contribution in [2.24, 2.45) is 5.92 Å². The number of thioether (sulfide) groups is 1. The molecule has 2 heterocycles. The summed E-state index contributed by atoms with van der Waals surface area (Å²) < 4.78 is 18.6. The fraction of sp³-hybridized carbons (Fsp3) is 0.481. The molecular formula is C27H36FNO2S. The van der Waals surface area contributed by atoms with E-state index in [0.717, 1.165) is 50.0 Å². The van der Waals surface area contributed by atoms with Crippen LogP contribution in [0.2, 0.25) is 0 Å². The molecule has 1 aromatic carbocycles. The first-order chi connectivity index (χ1) is 15.6. The van der Waals surface area contributed by atoms with Crippen molar-refractivity contribution in [1.82, 2.24) is 4.90 Å². The number of allylic oxidation sites excluding steroid dienone is 2. The summed E-state index contributed by atoms with van der Waals surface area (Å²) >= 11 is 1.84. The maximum atomic E-state index is 12.9. The Labute approximate surface area is 196 Å². The Morgan fingerprint density at radius 1 is 1.12 bits per heavy atom. The topological polar surface area (TPSA) is 32.7 Å². The van der Waals surface area contributed by atoms with Crippen molar-refractivity contribution in [1.29, 1.82) is 0 Å². The summed E-state index contributed by atoms with van der Waals surface area (Å²) in [5.74, 6) is 0.386. The lowest BCUT2D eigenvalue weighted by atomic mass is 10.1. The molecule has 0 saturated carbocycles. The van der Waals surface area contributed by atoms with Crippen LogP contribution >= 0.6 is 11.8 Å². The smallest absolute Gasteiger partial charge is 0.115 e. The summed E-state index contributed by atoms with van der Waals surface area (Å²) in [5.41, 5.74) is 3.22. The quantitative estimate of drug-likeness (QED) is 0.499. The van der Waals surface area contributed by atoms with Gasteiger partial charge in [-0.25, -0.2) is 4.39 Å². The summed E-state index contributed by atoms with van der Waals surface area (Å²) in [5, 5.41) is 9.06. The van der Waals surface area contributed by atoms with E-state index in [0.29, 0.717) is 12.5 Å². The Hall–Kier alpha value is -1.66. The number of aliphatic hydroxyl groups excluding tert-OH is 1. The molecule has 0 amide bonds. The van der Waals surface area contributed by atoms with Gasteiger partial charge in [-0.3, -0.25) is 4.90 Å². The predicted octanol–water partition coefficient (Wildman–Crippen LogP) is 6.13. The molecule has 3 nitrogen and oxygen atoms in total. The molecule has 0 spiro atoms. The van der Waals surface area contributed by atoms with E-state index in [4.69, 9.17) is 9.84 Å². The highest BCUT2D eigenvalue weighted by Gasteiger charge is 2.17. The molecule has 0 fully saturated rings. The molecular weight excluding hydrogens is 421 g/mol. The van der Waals surface area contributed by atoms with E-state index >= 15 is 0 Å². The minimum absolute atomic E-state index is 0.0406. The number of aliphatic hydroxyl groups is 1. The van der Waals surface area contributed by atoms with Gasteiger partial charge >= 0.3 is 0 Å². The second-order valence-electron chi connectivity index (χ2n) is 8.62. The Balaban J connectivity index is 1.63. The SMILES string of the molecule is C/C1=C\C(OCCO)C/C=C/CCN(CC2=CC(C)C=C(c3ccc(CF)cc3)S2)CC1. The molecule has 1 N–H and O–H groups in total. The largest absolute Gasteiger partial charge is 0.394 e. The lowest BCUT2D eigenvalue weighted by Crippen LogP contribution is -2.28. The molecule has 2 atom stereocenters. The third-order valence-corrected chi connectivity index (χ3v) is 6.86. The number of rotatable bonds is 7. The van der Waals surface area contributed by atoms with Crippen LogP contribution in [0.25, 0.3) is 4.91 Å². The lowest BCUT2D eigenvalue weighted by molar-refractivity contribution is 0.0557. The van der Waals surface area contributed by atoms with Gasteiger partial charge in [0.25, 0.3) is 0 Å². The molecule has 5 heteroatoms. The van der Waals surface area contributed by atoms with E-state index in [9.17, 15) is 4.39 Å². The van der Waals surface area contributed by atoms with Crippen molar-refractivity contribution in [2.45, 2.75) is 45.9 Å². The summed E-state index contributed by atoms with van der Waals surface area (Å²) in [7, 11) is 0. The average molecular weight is 458 g/mol. The van der Waals surface area contributed by atoms with Crippen molar-refractivity contribution in [3.05, 3.63) is 76.3 Å². The van der Waals surface area contributed by atoms with Gasteiger partial charge in [-0.05, 0) is 43.2 Å². The van der Waals surface area contributed by atoms with Crippen LogP contribution in [0.5, 0.6) is 0 Å². The monoisotopic (exact) mass is 457 g/mol. The molecule has 2 aliphatic rings. The molecule has 0 saturated heterocycles. The highest BCUT2D eigenvalue weighted by atomic mass is 32.2. The van der Waals surface area contributed by atoms with Crippen LogP contribution in [0, 0.1) is 5.92 Å². The van der Waals surface area contributed by atoms with E-state index in [-0.39, 0.29) is 12.7 Å². The molecule has 1 aromatic rings. The van der Waals surface area contributed by atoms with Crippen LogP contribution in [0.1, 0.15) is 44.2 Å². The number of nitrogens with zero attached hydrogens (tertiary/aromatic N) is 1. The number of ether oxygens (including phenoxy) is 1. The Morgan fingerprint density at radius 3 is 2.69 bits per heavy atom. The Kier molecular flexibility index (Phi) is 10.3. The van der Waals surface area contributed by atoms with Crippen molar-refractivity contribution in [2.75, 3.05) is 32.8 Å². The summed E-state index contributed by atoms with van der Waals surface area (Å²) in [4.78, 5) is 5.18. The standard InChI is InChI=1S/C27H36FNO2S/c1-21-11-13-29(12-5-3-4-6-25(16-21)31-15-14-30)20-26-17-22(2)18-27(32-26)24-9-7-23(19-28)8-10-24/h3-4,7-10,16-18,22,25,30H,5-6,11-15,19-20H2,1-2H3/b4-3+,21-16+. The van der Waals surface area contributed by atoms with Crippen molar-refractivity contribution in [3.8, 4) is 0 Å². The Morgan fingerprint density at radius 2 is 1.94 bits per heavy atom. The first-order valence-electron chi connectivity index (χ1n) is 11.6. The number of alkyl halides is 1. The second-order valence-corrected chi connectivity index (χ2v) is 9.79. The van der Waals surface area contributed by atoms with Gasteiger partial charge < -0.3 is 9.84 Å². The molecule has 174 valence electrons. The fourth-order valence-corrected chi connectivity index (χ4v) is 5.36. The van der Waals surface area contributed by atoms with Gasteiger partial charge in [-0.15, -0.1) is 0 Å². The van der Waals surface area contributed by atoms with Crippen LogP contribution in [0.3, 0.4) is 0 Å². The number of benzene rings is 1. The van der Waals surface area contributed by atoms with E-state index in [1.165, 1.54) is 15.4 Å². The predicted molar refractivity (Wildman–Crippen MR) is 134 cm³/mol. The molecule has 32 heavy (non-hydrogen) atoms. The summed E-state index contributed by atoms with van der Waals surface area (Å²) in [6, 6.07) is 7.83. The highest BCUT2D eigenvalue weighted by molar-refractivity contribution is 8.11. The molecule has 0 radical (unpaired) electrons. The third-order valence-electron chi connectivity index (χ3n) is 5.74. The molecule has 0 aliphatic carbocycles. The number of hydrogen-bond donors (Lipinski definition) is 1. The minimum Gasteiger partial charge on any atom is -0.394 e. The van der Waals surface area contributed by atoms with Crippen LogP contribution in [0.4, 0.5) is 4.39 Å². The van der Waals surface area contributed by atoms with Crippen molar-refractivity contribution in [3.63, 3.8) is 0 Å². The average Bonchev–Trinajstić information content (AvgIpc) is 2.83. The zero-order chi connectivity index (χ0) is 22.8. The molecule has 3 rings (SSSR count). The minimum atomic E-state index is -0.417. The molecule has 2 aliphatic heterocycles. The van der Waals surface area contributed by atoms with Gasteiger partial charge in [0, 0.05) is 29.4 Å². The maximum absolute atomic E-state index is 12.9. The third kappa shape index (κ3) is 8.04. The zero-order valence-electron chi connectivity index (χ0n) is 19.3. The number of hydrogen-bond acceptors (Lipinski definition) is 4.